The maximum absolute atomic E-state index is 13.3. The van der Waals surface area contributed by atoms with E-state index in [-0.39, 0.29) is 6.04 Å². The van der Waals surface area contributed by atoms with Gasteiger partial charge in [0.25, 0.3) is 0 Å². The Balaban J connectivity index is 2.09. The van der Waals surface area contributed by atoms with Gasteiger partial charge in [-0.05, 0) is 42.4 Å². The lowest BCUT2D eigenvalue weighted by Crippen LogP contribution is -2.26. The van der Waals surface area contributed by atoms with Gasteiger partial charge in [0.1, 0.15) is 12.4 Å². The van der Waals surface area contributed by atoms with Crippen molar-refractivity contribution in [3.05, 3.63) is 64.7 Å². The molecule has 0 heterocycles. The molecule has 0 radical (unpaired) electrons. The molecule has 0 aliphatic rings. The maximum atomic E-state index is 13.3. The Morgan fingerprint density at radius 2 is 1.95 bits per heavy atom. The summed E-state index contributed by atoms with van der Waals surface area (Å²) in [5.74, 6) is -1.09. The average molecular weight is 312 g/mol. The molecule has 1 unspecified atom stereocenters. The van der Waals surface area contributed by atoms with E-state index in [1.165, 1.54) is 6.07 Å². The van der Waals surface area contributed by atoms with Crippen LogP contribution in [0.1, 0.15) is 18.5 Å². The number of hydrogen-bond donors (Lipinski definition) is 1. The Kier molecular flexibility index (Phi) is 5.53. The van der Waals surface area contributed by atoms with Crippen LogP contribution in [0.4, 0.5) is 8.78 Å². The van der Waals surface area contributed by atoms with Crippen LogP contribution in [0.3, 0.4) is 0 Å². The molecule has 0 aliphatic carbocycles. The molecule has 0 saturated heterocycles. The zero-order chi connectivity index (χ0) is 15.2. The van der Waals surface area contributed by atoms with Crippen molar-refractivity contribution in [3.8, 4) is 5.75 Å². The number of halogens is 3. The second-order valence-electron chi connectivity index (χ2n) is 4.55. The molecule has 0 spiro atoms. The molecule has 0 aliphatic heterocycles. The molecular weight excluding hydrogens is 296 g/mol. The van der Waals surface area contributed by atoms with Crippen LogP contribution in [0.5, 0.6) is 5.75 Å². The van der Waals surface area contributed by atoms with E-state index < -0.39 is 11.6 Å². The van der Waals surface area contributed by atoms with Crippen molar-refractivity contribution in [2.45, 2.75) is 13.0 Å². The summed E-state index contributed by atoms with van der Waals surface area (Å²) in [5, 5.41) is 3.77. The third-order valence-corrected chi connectivity index (χ3v) is 3.24. The molecule has 1 N–H and O–H groups in total. The van der Waals surface area contributed by atoms with Gasteiger partial charge in [-0.3, -0.25) is 0 Å². The van der Waals surface area contributed by atoms with Crippen molar-refractivity contribution < 1.29 is 13.5 Å². The van der Waals surface area contributed by atoms with Crippen LogP contribution in [0, 0.1) is 11.6 Å². The summed E-state index contributed by atoms with van der Waals surface area (Å²) < 4.78 is 32.0. The van der Waals surface area contributed by atoms with E-state index in [4.69, 9.17) is 16.3 Å². The summed E-state index contributed by atoms with van der Waals surface area (Å²) in [7, 11) is 0. The van der Waals surface area contributed by atoms with E-state index in [0.717, 1.165) is 6.07 Å². The molecule has 2 nitrogen and oxygen atoms in total. The lowest BCUT2D eigenvalue weighted by molar-refractivity contribution is 0.267. The predicted molar refractivity (Wildman–Crippen MR) is 79.7 cm³/mol. The summed E-state index contributed by atoms with van der Waals surface area (Å²) in [6.07, 6.45) is 0. The van der Waals surface area contributed by atoms with Gasteiger partial charge in [-0.1, -0.05) is 30.7 Å². The summed E-state index contributed by atoms with van der Waals surface area (Å²) in [6.45, 7) is 2.91. The Labute approximate surface area is 127 Å². The van der Waals surface area contributed by atoms with Gasteiger partial charge in [-0.15, -0.1) is 0 Å². The molecule has 2 aromatic rings. The lowest BCUT2D eigenvalue weighted by Gasteiger charge is -2.19. The van der Waals surface area contributed by atoms with Gasteiger partial charge in [-0.25, -0.2) is 8.78 Å². The number of nitrogens with one attached hydrogen (secondary N) is 1. The predicted octanol–water partition coefficient (Wildman–Crippen LogP) is 4.35. The lowest BCUT2D eigenvalue weighted by atomic mass is 10.1. The topological polar surface area (TPSA) is 21.3 Å². The van der Waals surface area contributed by atoms with Crippen LogP contribution in [0.15, 0.2) is 42.5 Å². The Bertz CT molecular complexity index is 607. The van der Waals surface area contributed by atoms with E-state index in [1.807, 2.05) is 6.92 Å². The maximum Gasteiger partial charge on any atom is 0.159 e. The van der Waals surface area contributed by atoms with E-state index >= 15 is 0 Å². The third kappa shape index (κ3) is 4.41. The van der Waals surface area contributed by atoms with Crippen molar-refractivity contribution >= 4 is 11.6 Å². The van der Waals surface area contributed by atoms with E-state index in [9.17, 15) is 8.78 Å². The number of hydrogen-bond acceptors (Lipinski definition) is 2. The smallest absolute Gasteiger partial charge is 0.159 e. The molecule has 2 aromatic carbocycles. The van der Waals surface area contributed by atoms with Gasteiger partial charge in [-0.2, -0.15) is 0 Å². The number of benzene rings is 2. The molecule has 1 atom stereocenters. The van der Waals surface area contributed by atoms with E-state index in [0.29, 0.717) is 29.5 Å². The van der Waals surface area contributed by atoms with Crippen LogP contribution in [0.25, 0.3) is 0 Å². The number of ether oxygens (including phenoxy) is 1. The second kappa shape index (κ2) is 7.38. The third-order valence-electron chi connectivity index (χ3n) is 3.01. The number of rotatable bonds is 6. The fourth-order valence-electron chi connectivity index (χ4n) is 1.98. The Morgan fingerprint density at radius 3 is 2.62 bits per heavy atom. The fraction of sp³-hybridized carbons (Fsp3) is 0.250. The first-order valence-corrected chi connectivity index (χ1v) is 7.04. The standard InChI is InChI=1S/C16H16ClF2NO/c1-2-20-16(11-6-7-14(18)15(19)8-11)10-21-13-5-3-4-12(17)9-13/h3-9,16,20H,2,10H2,1H3. The Hall–Kier alpha value is -1.65. The molecular formula is C16H16ClF2NO. The van der Waals surface area contributed by atoms with Crippen LogP contribution < -0.4 is 10.1 Å². The summed E-state index contributed by atoms with van der Waals surface area (Å²) in [5.41, 5.74) is 0.637. The van der Waals surface area contributed by atoms with E-state index in [2.05, 4.69) is 5.32 Å². The highest BCUT2D eigenvalue weighted by atomic mass is 35.5. The molecule has 0 saturated carbocycles. The van der Waals surface area contributed by atoms with Crippen LogP contribution in [-0.2, 0) is 0 Å². The van der Waals surface area contributed by atoms with Crippen molar-refractivity contribution in [2.24, 2.45) is 0 Å². The van der Waals surface area contributed by atoms with Crippen LogP contribution in [0.2, 0.25) is 5.02 Å². The average Bonchev–Trinajstić information content (AvgIpc) is 2.46. The molecule has 112 valence electrons. The molecule has 0 amide bonds. The zero-order valence-electron chi connectivity index (χ0n) is 11.6. The summed E-state index contributed by atoms with van der Waals surface area (Å²) in [4.78, 5) is 0. The van der Waals surface area contributed by atoms with Crippen molar-refractivity contribution in [3.63, 3.8) is 0 Å². The van der Waals surface area contributed by atoms with Gasteiger partial charge in [0, 0.05) is 5.02 Å². The largest absolute Gasteiger partial charge is 0.492 e. The minimum absolute atomic E-state index is 0.232. The second-order valence-corrected chi connectivity index (χ2v) is 4.99. The van der Waals surface area contributed by atoms with Crippen molar-refractivity contribution in [1.29, 1.82) is 0 Å². The minimum atomic E-state index is -0.863. The summed E-state index contributed by atoms with van der Waals surface area (Å²) >= 11 is 5.89. The van der Waals surface area contributed by atoms with Crippen molar-refractivity contribution in [1.82, 2.24) is 5.32 Å². The monoisotopic (exact) mass is 311 g/mol. The van der Waals surface area contributed by atoms with E-state index in [1.54, 1.807) is 30.3 Å². The SMILES string of the molecule is CCNC(COc1cccc(Cl)c1)c1ccc(F)c(F)c1. The highest BCUT2D eigenvalue weighted by molar-refractivity contribution is 6.30. The first-order chi connectivity index (χ1) is 10.1. The van der Waals surface area contributed by atoms with Crippen LogP contribution in [-0.4, -0.2) is 13.2 Å². The minimum Gasteiger partial charge on any atom is -0.492 e. The summed E-state index contributed by atoms with van der Waals surface area (Å²) in [6, 6.07) is 10.7. The van der Waals surface area contributed by atoms with Gasteiger partial charge in [0.2, 0.25) is 0 Å². The van der Waals surface area contributed by atoms with Gasteiger partial charge in [0.05, 0.1) is 6.04 Å². The molecule has 0 bridgehead atoms. The van der Waals surface area contributed by atoms with Gasteiger partial charge in [0.15, 0.2) is 11.6 Å². The molecule has 0 fully saturated rings. The first kappa shape index (κ1) is 15.7. The molecule has 21 heavy (non-hydrogen) atoms. The fourth-order valence-corrected chi connectivity index (χ4v) is 2.17. The highest BCUT2D eigenvalue weighted by Crippen LogP contribution is 2.21. The van der Waals surface area contributed by atoms with Gasteiger partial charge >= 0.3 is 0 Å². The highest BCUT2D eigenvalue weighted by Gasteiger charge is 2.14. The van der Waals surface area contributed by atoms with Crippen molar-refractivity contribution in [2.75, 3.05) is 13.2 Å². The van der Waals surface area contributed by atoms with Crippen LogP contribution >= 0.6 is 11.6 Å². The normalized spacial score (nSPS) is 12.2. The Morgan fingerprint density at radius 1 is 1.14 bits per heavy atom. The first-order valence-electron chi connectivity index (χ1n) is 6.67. The number of likely N-dealkylation sites (N-methyl/N-ethyl adjacent to an activating group) is 1. The van der Waals surface area contributed by atoms with Gasteiger partial charge < -0.3 is 10.1 Å². The molecule has 0 aromatic heterocycles. The zero-order valence-corrected chi connectivity index (χ0v) is 12.3. The quantitative estimate of drug-likeness (QED) is 0.856. The molecule has 2 rings (SSSR count). The molecule has 5 heteroatoms.